The lowest BCUT2D eigenvalue weighted by Gasteiger charge is -2.08. The van der Waals surface area contributed by atoms with Crippen LogP contribution in [0.25, 0.3) is 11.3 Å². The minimum atomic E-state index is -0.269. The van der Waals surface area contributed by atoms with Gasteiger partial charge in [-0.25, -0.2) is 9.78 Å². The summed E-state index contributed by atoms with van der Waals surface area (Å²) in [7, 11) is 0. The van der Waals surface area contributed by atoms with E-state index in [2.05, 4.69) is 31.1 Å². The number of carbonyl (C=O) groups excluding carboxylic acids is 1. The molecule has 8 heteroatoms. The molecule has 0 atom stereocenters. The normalized spacial score (nSPS) is 10.4. The number of nitrogens with one attached hydrogen (secondary N) is 4. The van der Waals surface area contributed by atoms with Gasteiger partial charge >= 0.3 is 6.03 Å². The lowest BCUT2D eigenvalue weighted by molar-refractivity contribution is 0.251. The number of aromatic nitrogens is 3. The quantitative estimate of drug-likeness (QED) is 0.387. The van der Waals surface area contributed by atoms with Crippen LogP contribution in [0.5, 0.6) is 0 Å². The Morgan fingerprint density at radius 1 is 1.04 bits per heavy atom. The van der Waals surface area contributed by atoms with Crippen LogP contribution in [0.1, 0.15) is 5.56 Å². The Morgan fingerprint density at radius 2 is 1.82 bits per heavy atom. The molecule has 0 fully saturated rings. The van der Waals surface area contributed by atoms with Gasteiger partial charge in [-0.2, -0.15) is 5.10 Å². The minimum Gasteiger partial charge on any atom is -0.334 e. The lowest BCUT2D eigenvalue weighted by atomic mass is 10.2. The molecule has 7 nitrogen and oxygen atoms in total. The van der Waals surface area contributed by atoms with Crippen LogP contribution in [0, 0.1) is 0 Å². The van der Waals surface area contributed by atoms with Gasteiger partial charge in [-0.1, -0.05) is 30.3 Å². The zero-order valence-electron chi connectivity index (χ0n) is 14.8. The van der Waals surface area contributed by atoms with Crippen LogP contribution in [0.3, 0.4) is 0 Å². The molecule has 2 heterocycles. The number of nitrogens with zero attached hydrogens (tertiary/aromatic N) is 2. The number of H-pyrrole nitrogens is 1. The van der Waals surface area contributed by atoms with Crippen molar-refractivity contribution < 1.29 is 4.79 Å². The van der Waals surface area contributed by atoms with Gasteiger partial charge < -0.3 is 16.0 Å². The summed E-state index contributed by atoms with van der Waals surface area (Å²) in [4.78, 5) is 16.6. The van der Waals surface area contributed by atoms with Gasteiger partial charge in [0.1, 0.15) is 0 Å². The van der Waals surface area contributed by atoms with Crippen LogP contribution in [0.4, 0.5) is 21.3 Å². The van der Waals surface area contributed by atoms with E-state index < -0.39 is 0 Å². The van der Waals surface area contributed by atoms with Crippen LogP contribution in [0.2, 0.25) is 0 Å². The summed E-state index contributed by atoms with van der Waals surface area (Å²) in [6, 6.07) is 17.3. The van der Waals surface area contributed by atoms with Gasteiger partial charge in [-0.15, -0.1) is 11.3 Å². The number of hydrogen-bond acceptors (Lipinski definition) is 5. The maximum absolute atomic E-state index is 11.9. The third-order valence-corrected chi connectivity index (χ3v) is 4.73. The van der Waals surface area contributed by atoms with Crippen LogP contribution in [-0.4, -0.2) is 21.2 Å². The lowest BCUT2D eigenvalue weighted by Crippen LogP contribution is -2.27. The monoisotopic (exact) mass is 390 g/mol. The van der Waals surface area contributed by atoms with Crippen molar-refractivity contribution in [3.05, 3.63) is 77.9 Å². The maximum atomic E-state index is 11.9. The standard InChI is InChI=1S/C20H18N6OS/c27-19(21-10-14-11-22-23-12-14)24-16-6-8-17(9-7-16)25-20-26-18(13-28-20)15-4-2-1-3-5-15/h1-9,11-13H,10H2,(H,22,23)(H,25,26)(H2,21,24,27). The summed E-state index contributed by atoms with van der Waals surface area (Å²) >= 11 is 1.55. The molecule has 0 saturated heterocycles. The highest BCUT2D eigenvalue weighted by Gasteiger charge is 2.06. The Hall–Kier alpha value is -3.65. The fraction of sp³-hybridized carbons (Fsp3) is 0.0500. The highest BCUT2D eigenvalue weighted by atomic mass is 32.1. The predicted octanol–water partition coefficient (Wildman–Crippen LogP) is 4.60. The number of aromatic amines is 1. The molecule has 0 aliphatic rings. The van der Waals surface area contributed by atoms with Crippen molar-refractivity contribution in [2.24, 2.45) is 0 Å². The number of thiazole rings is 1. The van der Waals surface area contributed by atoms with E-state index >= 15 is 0 Å². The van der Waals surface area contributed by atoms with Crippen molar-refractivity contribution in [1.29, 1.82) is 0 Å². The van der Waals surface area contributed by atoms with Gasteiger partial charge in [-0.3, -0.25) is 5.10 Å². The third kappa shape index (κ3) is 4.54. The van der Waals surface area contributed by atoms with Crippen molar-refractivity contribution in [3.8, 4) is 11.3 Å². The molecule has 4 N–H and O–H groups in total. The number of benzene rings is 2. The Balaban J connectivity index is 1.32. The molecule has 0 bridgehead atoms. The molecular weight excluding hydrogens is 372 g/mol. The second-order valence-corrected chi connectivity index (χ2v) is 6.88. The number of anilines is 3. The first-order valence-electron chi connectivity index (χ1n) is 8.67. The van der Waals surface area contributed by atoms with E-state index in [0.717, 1.165) is 27.6 Å². The highest BCUT2D eigenvalue weighted by Crippen LogP contribution is 2.27. The molecule has 2 amide bonds. The molecule has 0 spiro atoms. The molecule has 0 radical (unpaired) electrons. The topological polar surface area (TPSA) is 94.7 Å². The van der Waals surface area contributed by atoms with Gasteiger partial charge in [-0.05, 0) is 24.3 Å². The minimum absolute atomic E-state index is 0.269. The van der Waals surface area contributed by atoms with E-state index in [1.807, 2.05) is 60.0 Å². The number of rotatable bonds is 6. The summed E-state index contributed by atoms with van der Waals surface area (Å²) in [5.41, 5.74) is 4.55. The molecule has 4 rings (SSSR count). The van der Waals surface area contributed by atoms with E-state index in [1.54, 1.807) is 23.7 Å². The number of hydrogen-bond donors (Lipinski definition) is 4. The highest BCUT2D eigenvalue weighted by molar-refractivity contribution is 7.14. The molecular formula is C20H18N6OS. The number of urea groups is 1. The molecule has 2 aromatic carbocycles. The number of carbonyl (C=O) groups is 1. The summed E-state index contributed by atoms with van der Waals surface area (Å²) < 4.78 is 0. The third-order valence-electron chi connectivity index (χ3n) is 3.98. The smallest absolute Gasteiger partial charge is 0.319 e. The largest absolute Gasteiger partial charge is 0.334 e. The Kier molecular flexibility index (Phi) is 5.30. The van der Waals surface area contributed by atoms with E-state index in [0.29, 0.717) is 12.2 Å². The number of amides is 2. The summed E-state index contributed by atoms with van der Waals surface area (Å²) in [5.74, 6) is 0. The molecule has 0 unspecified atom stereocenters. The van der Waals surface area contributed by atoms with E-state index in [9.17, 15) is 4.79 Å². The Morgan fingerprint density at radius 3 is 2.57 bits per heavy atom. The fourth-order valence-electron chi connectivity index (χ4n) is 2.56. The summed E-state index contributed by atoms with van der Waals surface area (Å²) in [5, 5.41) is 18.2. The van der Waals surface area contributed by atoms with Gasteiger partial charge in [0.25, 0.3) is 0 Å². The summed E-state index contributed by atoms with van der Waals surface area (Å²) in [6.07, 6.45) is 3.41. The van der Waals surface area contributed by atoms with E-state index in [-0.39, 0.29) is 6.03 Å². The maximum Gasteiger partial charge on any atom is 0.319 e. The van der Waals surface area contributed by atoms with Crippen LogP contribution in [-0.2, 0) is 6.54 Å². The van der Waals surface area contributed by atoms with Crippen LogP contribution >= 0.6 is 11.3 Å². The van der Waals surface area contributed by atoms with Crippen molar-refractivity contribution in [2.75, 3.05) is 10.6 Å². The second-order valence-electron chi connectivity index (χ2n) is 6.02. The Labute approximate surface area is 165 Å². The van der Waals surface area contributed by atoms with Crippen molar-refractivity contribution in [3.63, 3.8) is 0 Å². The SMILES string of the molecule is O=C(NCc1cn[nH]c1)Nc1ccc(Nc2nc(-c3ccccc3)cs2)cc1. The van der Waals surface area contributed by atoms with Gasteiger partial charge in [0.15, 0.2) is 5.13 Å². The van der Waals surface area contributed by atoms with E-state index in [4.69, 9.17) is 0 Å². The molecule has 0 aliphatic carbocycles. The zero-order chi connectivity index (χ0) is 19.2. The van der Waals surface area contributed by atoms with Gasteiger partial charge in [0.2, 0.25) is 0 Å². The van der Waals surface area contributed by atoms with Gasteiger partial charge in [0.05, 0.1) is 11.9 Å². The molecule has 0 saturated carbocycles. The van der Waals surface area contributed by atoms with Gasteiger partial charge in [0, 0.05) is 40.6 Å². The van der Waals surface area contributed by atoms with Crippen molar-refractivity contribution in [1.82, 2.24) is 20.5 Å². The molecule has 140 valence electrons. The average Bonchev–Trinajstić information content (AvgIpc) is 3.41. The molecule has 4 aromatic rings. The zero-order valence-corrected chi connectivity index (χ0v) is 15.7. The summed E-state index contributed by atoms with van der Waals surface area (Å²) in [6.45, 7) is 0.412. The fourth-order valence-corrected chi connectivity index (χ4v) is 3.30. The molecule has 28 heavy (non-hydrogen) atoms. The first-order chi connectivity index (χ1) is 13.8. The average molecular weight is 390 g/mol. The first-order valence-corrected chi connectivity index (χ1v) is 9.55. The van der Waals surface area contributed by atoms with Crippen LogP contribution in [0.15, 0.2) is 72.4 Å². The molecule has 0 aliphatic heterocycles. The van der Waals surface area contributed by atoms with E-state index in [1.165, 1.54) is 0 Å². The first kappa shape index (κ1) is 17.7. The second kappa shape index (κ2) is 8.36. The molecule has 2 aromatic heterocycles. The van der Waals surface area contributed by atoms with Crippen LogP contribution < -0.4 is 16.0 Å². The van der Waals surface area contributed by atoms with Crippen molar-refractivity contribution >= 4 is 33.9 Å². The van der Waals surface area contributed by atoms with Crippen molar-refractivity contribution in [2.45, 2.75) is 6.54 Å². The predicted molar refractivity (Wildman–Crippen MR) is 112 cm³/mol. The Bertz CT molecular complexity index is 1030.